The molecule has 144 valence electrons. The Hall–Kier alpha value is -3.68. The lowest BCUT2D eigenvalue weighted by Gasteiger charge is -2.14. The van der Waals surface area contributed by atoms with E-state index >= 15 is 0 Å². The number of pyridine rings is 1. The molecule has 28 heavy (non-hydrogen) atoms. The fourth-order valence-corrected chi connectivity index (χ4v) is 2.80. The summed E-state index contributed by atoms with van der Waals surface area (Å²) in [6, 6.07) is 10.0. The maximum Gasteiger partial charge on any atom is 0.358 e. The van der Waals surface area contributed by atoms with Gasteiger partial charge in [-0.3, -0.25) is 4.79 Å². The molecule has 0 atom stereocenters. The molecule has 0 fully saturated rings. The highest BCUT2D eigenvalue weighted by molar-refractivity contribution is 5.92. The van der Waals surface area contributed by atoms with Crippen LogP contribution in [0.25, 0.3) is 22.5 Å². The van der Waals surface area contributed by atoms with Crippen LogP contribution in [-0.4, -0.2) is 32.7 Å². The lowest BCUT2D eigenvalue weighted by atomic mass is 10.0. The second kappa shape index (κ2) is 7.51. The van der Waals surface area contributed by atoms with Crippen molar-refractivity contribution in [3.63, 3.8) is 0 Å². The molecule has 3 rings (SSSR count). The van der Waals surface area contributed by atoms with Crippen LogP contribution >= 0.6 is 0 Å². The Balaban J connectivity index is 2.28. The van der Waals surface area contributed by atoms with Gasteiger partial charge in [0.25, 0.3) is 5.56 Å². The normalized spacial score (nSPS) is 10.9. The van der Waals surface area contributed by atoms with Crippen molar-refractivity contribution in [2.45, 2.75) is 19.9 Å². The minimum atomic E-state index is -1.27. The zero-order valence-corrected chi connectivity index (χ0v) is 15.7. The minimum Gasteiger partial charge on any atom is -0.497 e. The first kappa shape index (κ1) is 19.1. The number of benzene rings is 1. The fourth-order valence-electron chi connectivity index (χ4n) is 2.80. The number of aromatic carboxylic acids is 1. The van der Waals surface area contributed by atoms with Crippen molar-refractivity contribution >= 4 is 11.8 Å². The average molecular weight is 380 g/mol. The SMILES string of the molecule is COc1ccc(-c2nc(N)c(C(=O)O)nc2-c2ccc(=O)n(C(C)C)c2)cc1. The number of methoxy groups -OCH3 is 1. The summed E-state index contributed by atoms with van der Waals surface area (Å²) in [6.07, 6.45) is 1.64. The van der Waals surface area contributed by atoms with Crippen molar-refractivity contribution in [3.8, 4) is 28.3 Å². The molecule has 0 bridgehead atoms. The van der Waals surface area contributed by atoms with E-state index in [0.29, 0.717) is 28.3 Å². The van der Waals surface area contributed by atoms with E-state index in [-0.39, 0.29) is 23.1 Å². The standard InChI is InChI=1S/C20H20N4O4/c1-11(2)24-10-13(6-9-15(24)25)17-16(12-4-7-14(28-3)8-5-12)23-19(21)18(22-17)20(26)27/h4-11H,1-3H3,(H2,21,23)(H,26,27). The van der Waals surface area contributed by atoms with E-state index in [2.05, 4.69) is 9.97 Å². The van der Waals surface area contributed by atoms with Crippen molar-refractivity contribution in [1.29, 1.82) is 0 Å². The van der Waals surface area contributed by atoms with E-state index in [4.69, 9.17) is 10.5 Å². The Labute approximate surface area is 161 Å². The Bertz CT molecular complexity index is 1090. The van der Waals surface area contributed by atoms with E-state index in [1.165, 1.54) is 6.07 Å². The van der Waals surface area contributed by atoms with Crippen LogP contribution in [0.4, 0.5) is 5.82 Å². The predicted molar refractivity (Wildman–Crippen MR) is 105 cm³/mol. The van der Waals surface area contributed by atoms with Crippen LogP contribution in [0.2, 0.25) is 0 Å². The number of carbonyl (C=O) groups is 1. The predicted octanol–water partition coefficient (Wildman–Crippen LogP) is 2.84. The molecule has 0 amide bonds. The largest absolute Gasteiger partial charge is 0.497 e. The quantitative estimate of drug-likeness (QED) is 0.698. The van der Waals surface area contributed by atoms with Gasteiger partial charge in [-0.25, -0.2) is 14.8 Å². The van der Waals surface area contributed by atoms with Gasteiger partial charge in [0.2, 0.25) is 0 Å². The molecular formula is C20H20N4O4. The summed E-state index contributed by atoms with van der Waals surface area (Å²) in [5, 5.41) is 9.40. The molecular weight excluding hydrogens is 360 g/mol. The first-order chi connectivity index (χ1) is 13.3. The summed E-state index contributed by atoms with van der Waals surface area (Å²) < 4.78 is 6.72. The number of anilines is 1. The third-order valence-corrected chi connectivity index (χ3v) is 4.26. The van der Waals surface area contributed by atoms with Crippen molar-refractivity contribution < 1.29 is 14.6 Å². The van der Waals surface area contributed by atoms with Crippen molar-refractivity contribution in [1.82, 2.24) is 14.5 Å². The second-order valence-electron chi connectivity index (χ2n) is 6.45. The zero-order chi connectivity index (χ0) is 20.4. The Morgan fingerprint density at radius 2 is 1.68 bits per heavy atom. The van der Waals surface area contributed by atoms with Gasteiger partial charge in [0.15, 0.2) is 11.5 Å². The fraction of sp³-hybridized carbons (Fsp3) is 0.200. The van der Waals surface area contributed by atoms with Gasteiger partial charge in [-0.05, 0) is 44.2 Å². The molecule has 0 saturated carbocycles. The Morgan fingerprint density at radius 3 is 2.25 bits per heavy atom. The van der Waals surface area contributed by atoms with Gasteiger partial charge in [0.1, 0.15) is 5.75 Å². The van der Waals surface area contributed by atoms with E-state index in [1.54, 1.807) is 48.2 Å². The smallest absolute Gasteiger partial charge is 0.358 e. The van der Waals surface area contributed by atoms with Crippen molar-refractivity contribution in [2.24, 2.45) is 0 Å². The van der Waals surface area contributed by atoms with Crippen LogP contribution in [0.15, 0.2) is 47.4 Å². The molecule has 0 saturated heterocycles. The Morgan fingerprint density at radius 1 is 1.07 bits per heavy atom. The number of carboxylic acids is 1. The lowest BCUT2D eigenvalue weighted by Crippen LogP contribution is -2.20. The van der Waals surface area contributed by atoms with Crippen molar-refractivity contribution in [2.75, 3.05) is 12.8 Å². The van der Waals surface area contributed by atoms with Crippen LogP contribution in [-0.2, 0) is 0 Å². The molecule has 8 heteroatoms. The molecule has 2 heterocycles. The summed E-state index contributed by atoms with van der Waals surface area (Å²) in [5.74, 6) is -0.786. The molecule has 0 unspecified atom stereocenters. The van der Waals surface area contributed by atoms with E-state index in [0.717, 1.165) is 0 Å². The van der Waals surface area contributed by atoms with E-state index < -0.39 is 5.97 Å². The summed E-state index contributed by atoms with van der Waals surface area (Å²) in [6.45, 7) is 3.76. The maximum absolute atomic E-state index is 12.1. The second-order valence-corrected chi connectivity index (χ2v) is 6.45. The molecule has 2 aromatic heterocycles. The zero-order valence-electron chi connectivity index (χ0n) is 15.7. The number of nitrogens with zero attached hydrogens (tertiary/aromatic N) is 3. The molecule has 3 N–H and O–H groups in total. The van der Waals surface area contributed by atoms with Gasteiger partial charge in [0.05, 0.1) is 18.5 Å². The van der Waals surface area contributed by atoms with Gasteiger partial charge in [-0.15, -0.1) is 0 Å². The first-order valence-electron chi connectivity index (χ1n) is 8.59. The molecule has 0 aliphatic heterocycles. The van der Waals surface area contributed by atoms with E-state index in [1.807, 2.05) is 13.8 Å². The summed E-state index contributed by atoms with van der Waals surface area (Å²) in [5.41, 5.74) is 7.33. The number of ether oxygens (including phenoxy) is 1. The van der Waals surface area contributed by atoms with Gasteiger partial charge in [0, 0.05) is 29.4 Å². The summed E-state index contributed by atoms with van der Waals surface area (Å²) in [7, 11) is 1.56. The topological polar surface area (TPSA) is 120 Å². The number of hydrogen-bond acceptors (Lipinski definition) is 6. The molecule has 3 aromatic rings. The molecule has 8 nitrogen and oxygen atoms in total. The van der Waals surface area contributed by atoms with Crippen LogP contribution in [0.5, 0.6) is 5.75 Å². The number of nitrogens with two attached hydrogens (primary N) is 1. The van der Waals surface area contributed by atoms with Gasteiger partial charge < -0.3 is 20.1 Å². The van der Waals surface area contributed by atoms with Crippen LogP contribution < -0.4 is 16.0 Å². The highest BCUT2D eigenvalue weighted by atomic mass is 16.5. The van der Waals surface area contributed by atoms with Gasteiger partial charge in [-0.1, -0.05) is 0 Å². The van der Waals surface area contributed by atoms with Crippen molar-refractivity contribution in [3.05, 3.63) is 58.6 Å². The molecule has 0 spiro atoms. The molecule has 0 aliphatic rings. The third-order valence-electron chi connectivity index (χ3n) is 4.26. The highest BCUT2D eigenvalue weighted by Crippen LogP contribution is 2.31. The third kappa shape index (κ3) is 3.57. The van der Waals surface area contributed by atoms with E-state index in [9.17, 15) is 14.7 Å². The first-order valence-corrected chi connectivity index (χ1v) is 8.59. The summed E-state index contributed by atoms with van der Waals surface area (Å²) in [4.78, 5) is 32.2. The van der Waals surface area contributed by atoms with Crippen LogP contribution in [0.1, 0.15) is 30.4 Å². The average Bonchev–Trinajstić information content (AvgIpc) is 2.68. The van der Waals surface area contributed by atoms with Crippen LogP contribution in [0, 0.1) is 0 Å². The Kier molecular flexibility index (Phi) is 5.12. The number of hydrogen-bond donors (Lipinski definition) is 2. The van der Waals surface area contributed by atoms with Gasteiger partial charge in [-0.2, -0.15) is 0 Å². The minimum absolute atomic E-state index is 0.0717. The van der Waals surface area contributed by atoms with Gasteiger partial charge >= 0.3 is 5.97 Å². The van der Waals surface area contributed by atoms with Crippen LogP contribution in [0.3, 0.4) is 0 Å². The highest BCUT2D eigenvalue weighted by Gasteiger charge is 2.20. The number of rotatable bonds is 5. The molecule has 1 aromatic carbocycles. The molecule has 0 radical (unpaired) electrons. The molecule has 0 aliphatic carbocycles. The summed E-state index contributed by atoms with van der Waals surface area (Å²) >= 11 is 0. The monoisotopic (exact) mass is 380 g/mol. The maximum atomic E-state index is 12.1. The number of aromatic nitrogens is 3. The number of nitrogen functional groups attached to an aromatic ring is 1. The lowest BCUT2D eigenvalue weighted by molar-refractivity contribution is 0.0691. The number of carboxylic acid groups (broad SMARTS) is 1.